The Kier molecular flexibility index (Phi) is 2.48. The fourth-order valence-corrected chi connectivity index (χ4v) is 1.38. The molecule has 0 atom stereocenters. The standard InChI is InChI=1S/C7H2BrClFN/c8-7-4(3-11)5(9)1-2-6(7)10/h1-2H. The molecular weight excluding hydrogens is 232 g/mol. The van der Waals surface area contributed by atoms with Gasteiger partial charge in [-0.3, -0.25) is 0 Å². The molecular formula is C7H2BrClFN. The van der Waals surface area contributed by atoms with Crippen LogP contribution in [0.1, 0.15) is 5.56 Å². The highest BCUT2D eigenvalue weighted by Gasteiger charge is 2.08. The maximum atomic E-state index is 12.7. The summed E-state index contributed by atoms with van der Waals surface area (Å²) in [6.45, 7) is 0. The molecule has 0 unspecified atom stereocenters. The summed E-state index contributed by atoms with van der Waals surface area (Å²) in [5.41, 5.74) is 0.131. The third kappa shape index (κ3) is 1.52. The van der Waals surface area contributed by atoms with Crippen LogP contribution in [0.15, 0.2) is 16.6 Å². The molecule has 4 heteroatoms. The molecule has 1 aromatic carbocycles. The normalized spacial score (nSPS) is 9.27. The lowest BCUT2D eigenvalue weighted by molar-refractivity contribution is 0.620. The average Bonchev–Trinajstić information content (AvgIpc) is 1.99. The smallest absolute Gasteiger partial charge is 0.138 e. The highest BCUT2D eigenvalue weighted by Crippen LogP contribution is 2.26. The summed E-state index contributed by atoms with van der Waals surface area (Å²) in [6, 6.07) is 4.33. The minimum absolute atomic E-state index is 0.118. The van der Waals surface area contributed by atoms with E-state index in [0.29, 0.717) is 0 Å². The molecule has 0 amide bonds. The number of rotatable bonds is 0. The van der Waals surface area contributed by atoms with Crippen LogP contribution in [0.5, 0.6) is 0 Å². The molecule has 0 saturated heterocycles. The average molecular weight is 234 g/mol. The van der Waals surface area contributed by atoms with Crippen molar-refractivity contribution >= 4 is 27.5 Å². The van der Waals surface area contributed by atoms with Gasteiger partial charge in [-0.05, 0) is 28.1 Å². The van der Waals surface area contributed by atoms with Crippen molar-refractivity contribution in [3.05, 3.63) is 33.0 Å². The van der Waals surface area contributed by atoms with E-state index in [4.69, 9.17) is 16.9 Å². The predicted octanol–water partition coefficient (Wildman–Crippen LogP) is 3.11. The zero-order valence-corrected chi connectivity index (χ0v) is 7.58. The summed E-state index contributed by atoms with van der Waals surface area (Å²) in [4.78, 5) is 0. The maximum absolute atomic E-state index is 12.7. The Hall–Kier alpha value is -0.590. The molecule has 0 saturated carbocycles. The van der Waals surface area contributed by atoms with Crippen molar-refractivity contribution in [2.75, 3.05) is 0 Å². The SMILES string of the molecule is N#Cc1c(Cl)ccc(F)c1Br. The first-order valence-corrected chi connectivity index (χ1v) is 3.87. The second-order valence-corrected chi connectivity index (χ2v) is 3.03. The third-order valence-electron chi connectivity index (χ3n) is 1.16. The van der Waals surface area contributed by atoms with Gasteiger partial charge in [-0.2, -0.15) is 5.26 Å². The fourth-order valence-electron chi connectivity index (χ4n) is 0.630. The summed E-state index contributed by atoms with van der Waals surface area (Å²) in [6.07, 6.45) is 0. The van der Waals surface area contributed by atoms with Crippen LogP contribution in [0, 0.1) is 17.1 Å². The van der Waals surface area contributed by atoms with Crippen LogP contribution in [0.25, 0.3) is 0 Å². The van der Waals surface area contributed by atoms with Gasteiger partial charge in [-0.1, -0.05) is 11.6 Å². The lowest BCUT2D eigenvalue weighted by Gasteiger charge is -1.97. The van der Waals surface area contributed by atoms with Crippen LogP contribution in [-0.4, -0.2) is 0 Å². The quantitative estimate of drug-likeness (QED) is 0.633. The van der Waals surface area contributed by atoms with Gasteiger partial charge in [0.05, 0.1) is 15.1 Å². The molecule has 0 N–H and O–H groups in total. The largest absolute Gasteiger partial charge is 0.206 e. The monoisotopic (exact) mass is 233 g/mol. The first-order chi connectivity index (χ1) is 5.16. The summed E-state index contributed by atoms with van der Waals surface area (Å²) >= 11 is 8.49. The molecule has 0 fully saturated rings. The Morgan fingerprint density at radius 2 is 2.18 bits per heavy atom. The van der Waals surface area contributed by atoms with Crippen LogP contribution in [-0.2, 0) is 0 Å². The van der Waals surface area contributed by atoms with Gasteiger partial charge in [-0.25, -0.2) is 4.39 Å². The number of benzene rings is 1. The summed E-state index contributed by atoms with van der Waals surface area (Å²) in [7, 11) is 0. The minimum atomic E-state index is -0.481. The van der Waals surface area contributed by atoms with Gasteiger partial charge in [0.2, 0.25) is 0 Å². The third-order valence-corrected chi connectivity index (χ3v) is 2.25. The Bertz CT molecular complexity index is 332. The first kappa shape index (κ1) is 8.51. The van der Waals surface area contributed by atoms with E-state index in [1.54, 1.807) is 6.07 Å². The molecule has 11 heavy (non-hydrogen) atoms. The molecule has 1 rings (SSSR count). The second kappa shape index (κ2) is 3.21. The Morgan fingerprint density at radius 1 is 1.55 bits per heavy atom. The van der Waals surface area contributed by atoms with Gasteiger partial charge in [0, 0.05) is 0 Å². The molecule has 0 aliphatic carbocycles. The predicted molar refractivity (Wildman–Crippen MR) is 43.8 cm³/mol. The molecule has 0 aliphatic rings. The highest BCUT2D eigenvalue weighted by atomic mass is 79.9. The van der Waals surface area contributed by atoms with E-state index < -0.39 is 5.82 Å². The van der Waals surface area contributed by atoms with Gasteiger partial charge >= 0.3 is 0 Å². The Labute approximate surface area is 76.5 Å². The highest BCUT2D eigenvalue weighted by molar-refractivity contribution is 9.10. The molecule has 1 aromatic rings. The molecule has 1 nitrogen and oxygen atoms in total. The number of hydrogen-bond acceptors (Lipinski definition) is 1. The molecule has 0 aliphatic heterocycles. The van der Waals surface area contributed by atoms with Crippen molar-refractivity contribution in [3.8, 4) is 6.07 Å². The van der Waals surface area contributed by atoms with Gasteiger partial charge in [0.25, 0.3) is 0 Å². The number of halogens is 3. The molecule has 56 valence electrons. The summed E-state index contributed by atoms with van der Waals surface area (Å²) in [5.74, 6) is -0.481. The van der Waals surface area contributed by atoms with Gasteiger partial charge in [-0.15, -0.1) is 0 Å². The van der Waals surface area contributed by atoms with Gasteiger partial charge in [0.1, 0.15) is 11.9 Å². The zero-order valence-electron chi connectivity index (χ0n) is 5.24. The summed E-state index contributed by atoms with van der Waals surface area (Å²) < 4.78 is 12.8. The topological polar surface area (TPSA) is 23.8 Å². The van der Waals surface area contributed by atoms with E-state index in [1.165, 1.54) is 12.1 Å². The Morgan fingerprint density at radius 3 is 2.64 bits per heavy atom. The lowest BCUT2D eigenvalue weighted by Crippen LogP contribution is -1.84. The lowest BCUT2D eigenvalue weighted by atomic mass is 10.2. The fraction of sp³-hybridized carbons (Fsp3) is 0. The van der Waals surface area contributed by atoms with E-state index >= 15 is 0 Å². The van der Waals surface area contributed by atoms with E-state index in [1.807, 2.05) is 0 Å². The minimum Gasteiger partial charge on any atom is -0.206 e. The first-order valence-electron chi connectivity index (χ1n) is 2.70. The zero-order chi connectivity index (χ0) is 8.43. The second-order valence-electron chi connectivity index (χ2n) is 1.83. The Balaban J connectivity index is 3.44. The van der Waals surface area contributed by atoms with E-state index in [9.17, 15) is 4.39 Å². The van der Waals surface area contributed by atoms with Crippen LogP contribution >= 0.6 is 27.5 Å². The van der Waals surface area contributed by atoms with Crippen molar-refractivity contribution in [3.63, 3.8) is 0 Å². The van der Waals surface area contributed by atoms with Crippen LogP contribution in [0.4, 0.5) is 4.39 Å². The van der Waals surface area contributed by atoms with E-state index in [-0.39, 0.29) is 15.1 Å². The molecule has 0 bridgehead atoms. The van der Waals surface area contributed by atoms with Crippen molar-refractivity contribution in [1.29, 1.82) is 5.26 Å². The van der Waals surface area contributed by atoms with Crippen molar-refractivity contribution in [2.24, 2.45) is 0 Å². The van der Waals surface area contributed by atoms with Gasteiger partial charge in [0.15, 0.2) is 0 Å². The molecule has 0 spiro atoms. The van der Waals surface area contributed by atoms with Crippen LogP contribution < -0.4 is 0 Å². The number of nitrogens with zero attached hydrogens (tertiary/aromatic N) is 1. The van der Waals surface area contributed by atoms with E-state index in [2.05, 4.69) is 15.9 Å². The summed E-state index contributed by atoms with van der Waals surface area (Å²) in [5, 5.41) is 8.74. The van der Waals surface area contributed by atoms with Crippen molar-refractivity contribution < 1.29 is 4.39 Å². The van der Waals surface area contributed by atoms with Crippen LogP contribution in [0.3, 0.4) is 0 Å². The van der Waals surface area contributed by atoms with E-state index in [0.717, 1.165) is 0 Å². The number of hydrogen-bond donors (Lipinski definition) is 0. The maximum Gasteiger partial charge on any atom is 0.138 e. The molecule has 0 radical (unpaired) electrons. The van der Waals surface area contributed by atoms with Gasteiger partial charge < -0.3 is 0 Å². The van der Waals surface area contributed by atoms with Crippen molar-refractivity contribution in [2.45, 2.75) is 0 Å². The van der Waals surface area contributed by atoms with Crippen molar-refractivity contribution in [1.82, 2.24) is 0 Å². The van der Waals surface area contributed by atoms with Crippen LogP contribution in [0.2, 0.25) is 5.02 Å². The number of nitriles is 1. The molecule has 0 aromatic heterocycles. The molecule has 0 heterocycles.